The molecule has 1 fully saturated rings. The van der Waals surface area contributed by atoms with Crippen LogP contribution in [0.2, 0.25) is 0 Å². The Hall–Kier alpha value is -1.42. The number of nitrogens with one attached hydrogen (secondary N) is 1. The van der Waals surface area contributed by atoms with Crippen LogP contribution in [0.25, 0.3) is 0 Å². The topological polar surface area (TPSA) is 38.3 Å². The van der Waals surface area contributed by atoms with Crippen molar-refractivity contribution in [1.82, 2.24) is 5.32 Å². The minimum Gasteiger partial charge on any atom is -0.379 e. The second-order valence-electron chi connectivity index (χ2n) is 5.11. The maximum absolute atomic E-state index is 13.8. The highest BCUT2D eigenvalue weighted by Crippen LogP contribution is 2.20. The van der Waals surface area contributed by atoms with Gasteiger partial charge in [0.1, 0.15) is 5.82 Å². The van der Waals surface area contributed by atoms with Gasteiger partial charge in [0.2, 0.25) is 0 Å². The van der Waals surface area contributed by atoms with Gasteiger partial charge in [0.05, 0.1) is 17.7 Å². The summed E-state index contributed by atoms with van der Waals surface area (Å²) in [4.78, 5) is 12.1. The zero-order valence-electron chi connectivity index (χ0n) is 10.8. The molecule has 3 nitrogen and oxygen atoms in total. The fourth-order valence-electron chi connectivity index (χ4n) is 2.20. The molecule has 0 bridgehead atoms. The zero-order chi connectivity index (χ0) is 13.2. The summed E-state index contributed by atoms with van der Waals surface area (Å²) in [6.07, 6.45) is 1.76. The van der Waals surface area contributed by atoms with E-state index >= 15 is 0 Å². The standard InChI is InChI=1S/C14H18FNO2/c1-10-5-3-6-11(12(10)15)13(17)16-14(2)7-4-8-18-9-14/h3,5-6H,4,7-9H2,1-2H3,(H,16,17). The Morgan fingerprint density at radius 1 is 1.50 bits per heavy atom. The van der Waals surface area contributed by atoms with E-state index in [4.69, 9.17) is 4.74 Å². The molecule has 1 heterocycles. The van der Waals surface area contributed by atoms with Crippen LogP contribution in [0, 0.1) is 12.7 Å². The molecular weight excluding hydrogens is 233 g/mol. The maximum atomic E-state index is 13.8. The minimum atomic E-state index is -0.449. The molecule has 0 radical (unpaired) electrons. The van der Waals surface area contributed by atoms with E-state index in [1.54, 1.807) is 19.1 Å². The van der Waals surface area contributed by atoms with Crippen molar-refractivity contribution in [1.29, 1.82) is 0 Å². The van der Waals surface area contributed by atoms with E-state index in [1.807, 2.05) is 6.92 Å². The molecule has 0 aromatic heterocycles. The predicted octanol–water partition coefficient (Wildman–Crippen LogP) is 2.43. The van der Waals surface area contributed by atoms with Gasteiger partial charge in [-0.2, -0.15) is 0 Å². The van der Waals surface area contributed by atoms with Crippen LogP contribution in [0.4, 0.5) is 4.39 Å². The first-order valence-electron chi connectivity index (χ1n) is 6.17. The highest BCUT2D eigenvalue weighted by molar-refractivity contribution is 5.95. The molecular formula is C14H18FNO2. The van der Waals surface area contributed by atoms with Crippen LogP contribution in [0.1, 0.15) is 35.7 Å². The normalized spacial score (nSPS) is 23.7. The van der Waals surface area contributed by atoms with E-state index in [0.29, 0.717) is 12.2 Å². The number of halogens is 1. The number of carbonyl (C=O) groups excluding carboxylic acids is 1. The smallest absolute Gasteiger partial charge is 0.254 e. The van der Waals surface area contributed by atoms with Gasteiger partial charge in [-0.1, -0.05) is 12.1 Å². The third-order valence-electron chi connectivity index (χ3n) is 3.29. The largest absolute Gasteiger partial charge is 0.379 e. The molecule has 0 aliphatic carbocycles. The second kappa shape index (κ2) is 5.06. The number of benzene rings is 1. The average molecular weight is 251 g/mol. The predicted molar refractivity (Wildman–Crippen MR) is 67.1 cm³/mol. The Morgan fingerprint density at radius 3 is 2.94 bits per heavy atom. The number of hydrogen-bond donors (Lipinski definition) is 1. The number of ether oxygens (including phenoxy) is 1. The maximum Gasteiger partial charge on any atom is 0.254 e. The van der Waals surface area contributed by atoms with Crippen LogP contribution in [-0.4, -0.2) is 24.7 Å². The fraction of sp³-hybridized carbons (Fsp3) is 0.500. The highest BCUT2D eigenvalue weighted by atomic mass is 19.1. The van der Waals surface area contributed by atoms with Gasteiger partial charge in [-0.05, 0) is 38.3 Å². The van der Waals surface area contributed by atoms with Gasteiger partial charge in [-0.25, -0.2) is 4.39 Å². The summed E-state index contributed by atoms with van der Waals surface area (Å²) in [7, 11) is 0. The van der Waals surface area contributed by atoms with Gasteiger partial charge in [0, 0.05) is 6.61 Å². The molecule has 1 N–H and O–H groups in total. The van der Waals surface area contributed by atoms with Crippen molar-refractivity contribution < 1.29 is 13.9 Å². The third kappa shape index (κ3) is 2.70. The molecule has 18 heavy (non-hydrogen) atoms. The van der Waals surface area contributed by atoms with Gasteiger partial charge >= 0.3 is 0 Å². The van der Waals surface area contributed by atoms with Crippen molar-refractivity contribution in [3.05, 3.63) is 35.1 Å². The molecule has 0 spiro atoms. The lowest BCUT2D eigenvalue weighted by Crippen LogP contribution is -2.51. The van der Waals surface area contributed by atoms with Gasteiger partial charge in [0.25, 0.3) is 5.91 Å². The van der Waals surface area contributed by atoms with Gasteiger partial charge in [0.15, 0.2) is 0 Å². The van der Waals surface area contributed by atoms with Crippen LogP contribution in [0.5, 0.6) is 0 Å². The lowest BCUT2D eigenvalue weighted by molar-refractivity contribution is 0.0271. The van der Waals surface area contributed by atoms with E-state index in [2.05, 4.69) is 5.32 Å². The van der Waals surface area contributed by atoms with E-state index in [1.165, 1.54) is 6.07 Å². The van der Waals surface area contributed by atoms with Crippen molar-refractivity contribution >= 4 is 5.91 Å². The monoisotopic (exact) mass is 251 g/mol. The van der Waals surface area contributed by atoms with Gasteiger partial charge in [-0.3, -0.25) is 4.79 Å². The van der Waals surface area contributed by atoms with E-state index < -0.39 is 11.4 Å². The van der Waals surface area contributed by atoms with Crippen LogP contribution >= 0.6 is 0 Å². The average Bonchev–Trinajstić information content (AvgIpc) is 2.33. The number of rotatable bonds is 2. The number of carbonyl (C=O) groups is 1. The molecule has 1 amide bonds. The first-order valence-corrected chi connectivity index (χ1v) is 6.17. The molecule has 2 rings (SSSR count). The molecule has 1 atom stereocenters. The first-order chi connectivity index (χ1) is 8.52. The Labute approximate surface area is 106 Å². The highest BCUT2D eigenvalue weighted by Gasteiger charge is 2.30. The summed E-state index contributed by atoms with van der Waals surface area (Å²) in [5.41, 5.74) is 0.181. The molecule has 98 valence electrons. The number of aryl methyl sites for hydroxylation is 1. The molecule has 1 unspecified atom stereocenters. The van der Waals surface area contributed by atoms with Gasteiger partial charge in [-0.15, -0.1) is 0 Å². The van der Waals surface area contributed by atoms with Crippen molar-refractivity contribution in [3.8, 4) is 0 Å². The lowest BCUT2D eigenvalue weighted by Gasteiger charge is -2.34. The number of hydrogen-bond acceptors (Lipinski definition) is 2. The molecule has 1 aromatic rings. The summed E-state index contributed by atoms with van der Waals surface area (Å²) >= 11 is 0. The van der Waals surface area contributed by atoms with E-state index in [9.17, 15) is 9.18 Å². The molecule has 1 aromatic carbocycles. The van der Waals surface area contributed by atoms with Crippen molar-refractivity contribution in [2.45, 2.75) is 32.2 Å². The van der Waals surface area contributed by atoms with E-state index in [0.717, 1.165) is 19.4 Å². The Kier molecular flexibility index (Phi) is 3.66. The van der Waals surface area contributed by atoms with Crippen molar-refractivity contribution in [3.63, 3.8) is 0 Å². The minimum absolute atomic E-state index is 0.0989. The van der Waals surface area contributed by atoms with Gasteiger partial charge < -0.3 is 10.1 Å². The summed E-state index contributed by atoms with van der Waals surface area (Å²) in [6.45, 7) is 4.78. The van der Waals surface area contributed by atoms with Crippen molar-refractivity contribution in [2.24, 2.45) is 0 Å². The summed E-state index contributed by atoms with van der Waals surface area (Å²) in [5.74, 6) is -0.820. The van der Waals surface area contributed by atoms with Crippen LogP contribution in [-0.2, 0) is 4.74 Å². The molecule has 0 saturated carbocycles. The summed E-state index contributed by atoms with van der Waals surface area (Å²) < 4.78 is 19.2. The Morgan fingerprint density at radius 2 is 2.28 bits per heavy atom. The molecule has 1 aliphatic heterocycles. The first kappa shape index (κ1) is 13.0. The van der Waals surface area contributed by atoms with Crippen LogP contribution in [0.3, 0.4) is 0 Å². The molecule has 1 aliphatic rings. The van der Waals surface area contributed by atoms with E-state index in [-0.39, 0.29) is 11.5 Å². The molecule has 1 saturated heterocycles. The third-order valence-corrected chi connectivity index (χ3v) is 3.29. The Balaban J connectivity index is 2.14. The van der Waals surface area contributed by atoms with Crippen molar-refractivity contribution in [2.75, 3.05) is 13.2 Å². The lowest BCUT2D eigenvalue weighted by atomic mass is 9.94. The number of amides is 1. The van der Waals surface area contributed by atoms with Crippen LogP contribution < -0.4 is 5.32 Å². The summed E-state index contributed by atoms with van der Waals surface area (Å²) in [5, 5.41) is 2.88. The van der Waals surface area contributed by atoms with Crippen LogP contribution in [0.15, 0.2) is 18.2 Å². The quantitative estimate of drug-likeness (QED) is 0.876. The second-order valence-corrected chi connectivity index (χ2v) is 5.11. The SMILES string of the molecule is Cc1cccc(C(=O)NC2(C)CCCOC2)c1F. The Bertz CT molecular complexity index is 453. The zero-order valence-corrected chi connectivity index (χ0v) is 10.8. The molecule has 4 heteroatoms. The fourth-order valence-corrected chi connectivity index (χ4v) is 2.20. The summed E-state index contributed by atoms with van der Waals surface area (Å²) in [6, 6.07) is 4.84.